The molecule has 2 aliphatic heterocycles. The molecule has 0 aromatic heterocycles. The van der Waals surface area contributed by atoms with Crippen molar-refractivity contribution in [1.29, 1.82) is 0 Å². The van der Waals surface area contributed by atoms with Gasteiger partial charge in [-0.15, -0.1) is 0 Å². The van der Waals surface area contributed by atoms with Gasteiger partial charge in [-0.3, -0.25) is 0 Å². The Morgan fingerprint density at radius 3 is 2.56 bits per heavy atom. The number of hydrogen-bond donors (Lipinski definition) is 0. The van der Waals surface area contributed by atoms with Gasteiger partial charge in [-0.2, -0.15) is 0 Å². The van der Waals surface area contributed by atoms with E-state index < -0.39 is 0 Å². The van der Waals surface area contributed by atoms with Gasteiger partial charge in [-0.25, -0.2) is 0 Å². The molecule has 2 saturated heterocycles. The van der Waals surface area contributed by atoms with Crippen molar-refractivity contribution in [2.24, 2.45) is 0 Å². The Bertz CT molecular complexity index is 88.7. The van der Waals surface area contributed by atoms with E-state index in [-0.39, 0.29) is 8.80 Å². The van der Waals surface area contributed by atoms with Gasteiger partial charge in [0.1, 0.15) is 0 Å². The van der Waals surface area contributed by atoms with Crippen molar-refractivity contribution in [3.05, 3.63) is 0 Å². The van der Waals surface area contributed by atoms with E-state index in [0.29, 0.717) is 0 Å². The molecule has 2 rings (SSSR count). The highest BCUT2D eigenvalue weighted by Crippen LogP contribution is 2.40. The topological polar surface area (TPSA) is 0 Å². The Balaban J connectivity index is 1.97. The molecule has 1 atom stereocenters. The van der Waals surface area contributed by atoms with Crippen molar-refractivity contribution in [1.82, 2.24) is 0 Å². The first-order valence-electron chi connectivity index (χ1n) is 4.31. The highest BCUT2D eigenvalue weighted by molar-refractivity contribution is 6.61. The predicted molar refractivity (Wildman–Crippen MR) is 42.2 cm³/mol. The van der Waals surface area contributed by atoms with Crippen molar-refractivity contribution >= 4 is 8.80 Å². The Morgan fingerprint density at radius 1 is 0.889 bits per heavy atom. The molecule has 9 heavy (non-hydrogen) atoms. The molecule has 1 heteroatoms. The lowest BCUT2D eigenvalue weighted by Crippen LogP contribution is -2.17. The summed E-state index contributed by atoms with van der Waals surface area (Å²) in [6, 6.07) is 3.32. The van der Waals surface area contributed by atoms with Crippen molar-refractivity contribution in [3.63, 3.8) is 0 Å². The van der Waals surface area contributed by atoms with Crippen LogP contribution < -0.4 is 0 Å². The Labute approximate surface area is 59.3 Å². The zero-order chi connectivity index (χ0) is 6.10. The highest BCUT2D eigenvalue weighted by atomic mass is 28.3. The molecule has 0 aromatic rings. The van der Waals surface area contributed by atoms with E-state index in [9.17, 15) is 0 Å². The fourth-order valence-electron chi connectivity index (χ4n) is 2.40. The van der Waals surface area contributed by atoms with E-state index in [1.807, 2.05) is 0 Å². The first-order valence-corrected chi connectivity index (χ1v) is 6.30. The quantitative estimate of drug-likeness (QED) is 0.453. The van der Waals surface area contributed by atoms with Crippen LogP contribution in [0.2, 0.25) is 17.6 Å². The van der Waals surface area contributed by atoms with Gasteiger partial charge in [0.15, 0.2) is 0 Å². The van der Waals surface area contributed by atoms with E-state index in [1.165, 1.54) is 5.54 Å². The summed E-state index contributed by atoms with van der Waals surface area (Å²) in [7, 11) is 0.246. The van der Waals surface area contributed by atoms with Crippen LogP contribution >= 0.6 is 0 Å². The van der Waals surface area contributed by atoms with Gasteiger partial charge in [0.25, 0.3) is 0 Å². The minimum atomic E-state index is 0.246. The molecular formula is C8H15Si. The second kappa shape index (κ2) is 2.45. The van der Waals surface area contributed by atoms with E-state index in [2.05, 4.69) is 0 Å². The summed E-state index contributed by atoms with van der Waals surface area (Å²) in [6.45, 7) is 0. The van der Waals surface area contributed by atoms with Crippen LogP contribution in [0.15, 0.2) is 0 Å². The van der Waals surface area contributed by atoms with Crippen molar-refractivity contribution in [3.8, 4) is 0 Å². The summed E-state index contributed by atoms with van der Waals surface area (Å²) in [5.74, 6) is 0. The fourth-order valence-corrected chi connectivity index (χ4v) is 6.06. The highest BCUT2D eigenvalue weighted by Gasteiger charge is 2.30. The van der Waals surface area contributed by atoms with Crippen LogP contribution in [0.3, 0.4) is 0 Å². The number of hydrogen-bond acceptors (Lipinski definition) is 0. The monoisotopic (exact) mass is 139 g/mol. The van der Waals surface area contributed by atoms with Crippen molar-refractivity contribution in [2.75, 3.05) is 0 Å². The summed E-state index contributed by atoms with van der Waals surface area (Å²) < 4.78 is 0. The van der Waals surface area contributed by atoms with Crippen LogP contribution in [-0.4, -0.2) is 8.80 Å². The molecule has 0 nitrogen and oxygen atoms in total. The molecular weight excluding hydrogens is 124 g/mol. The van der Waals surface area contributed by atoms with Gasteiger partial charge in [0, 0.05) is 0 Å². The van der Waals surface area contributed by atoms with Crippen LogP contribution in [0, 0.1) is 0 Å². The van der Waals surface area contributed by atoms with Gasteiger partial charge in [-0.1, -0.05) is 44.2 Å². The zero-order valence-corrected chi connectivity index (χ0v) is 7.03. The van der Waals surface area contributed by atoms with E-state index >= 15 is 0 Å². The third-order valence-corrected chi connectivity index (χ3v) is 6.65. The van der Waals surface area contributed by atoms with Gasteiger partial charge in [-0.05, 0) is 5.54 Å². The molecule has 0 amide bonds. The molecule has 1 unspecified atom stereocenters. The Morgan fingerprint density at radius 2 is 1.67 bits per heavy atom. The second-order valence-corrected chi connectivity index (χ2v) is 6.63. The molecule has 0 aromatic carbocycles. The maximum Gasteiger partial charge on any atom is 0.0512 e. The largest absolute Gasteiger partial charge is 0.0588 e. The Kier molecular flexibility index (Phi) is 1.62. The third-order valence-electron chi connectivity index (χ3n) is 2.93. The average molecular weight is 139 g/mol. The lowest BCUT2D eigenvalue weighted by atomic mass is 10.1. The first kappa shape index (κ1) is 5.96. The van der Waals surface area contributed by atoms with E-state index in [1.54, 1.807) is 44.2 Å². The first-order chi connectivity index (χ1) is 4.47. The van der Waals surface area contributed by atoms with Gasteiger partial charge in [0.05, 0.1) is 8.80 Å². The second-order valence-electron chi connectivity index (χ2n) is 3.49. The van der Waals surface area contributed by atoms with Crippen LogP contribution in [0.1, 0.15) is 32.1 Å². The van der Waals surface area contributed by atoms with E-state index in [4.69, 9.17) is 0 Å². The molecule has 0 spiro atoms. The molecule has 51 valence electrons. The zero-order valence-electron chi connectivity index (χ0n) is 6.03. The molecule has 0 saturated carbocycles. The molecule has 1 radical (unpaired) electrons. The normalized spacial score (nSPS) is 36.7. The summed E-state index contributed by atoms with van der Waals surface area (Å²) in [4.78, 5) is 0. The summed E-state index contributed by atoms with van der Waals surface area (Å²) in [5, 5.41) is 0. The third kappa shape index (κ3) is 1.07. The van der Waals surface area contributed by atoms with Crippen LogP contribution in [-0.2, 0) is 0 Å². The minimum Gasteiger partial charge on any atom is -0.0588 e. The van der Waals surface area contributed by atoms with Gasteiger partial charge in [0.2, 0.25) is 0 Å². The lowest BCUT2D eigenvalue weighted by molar-refractivity contribution is 0.614. The lowest BCUT2D eigenvalue weighted by Gasteiger charge is -2.22. The number of fused-ring (bicyclic) bond motifs is 1. The van der Waals surface area contributed by atoms with Gasteiger partial charge >= 0.3 is 0 Å². The molecule has 2 fully saturated rings. The van der Waals surface area contributed by atoms with Crippen LogP contribution in [0.25, 0.3) is 0 Å². The molecule has 2 aliphatic rings. The standard InChI is InChI=1S/C8H15Si/c1-2-6-9-7-3-5-8(9)4-1/h8H,1-7H2. The molecule has 0 bridgehead atoms. The molecule has 0 N–H and O–H groups in total. The maximum absolute atomic E-state index is 1.66. The fraction of sp³-hybridized carbons (Fsp3) is 1.00. The summed E-state index contributed by atoms with van der Waals surface area (Å²) in [5.41, 5.74) is 1.27. The summed E-state index contributed by atoms with van der Waals surface area (Å²) >= 11 is 0. The van der Waals surface area contributed by atoms with Crippen LogP contribution in [0.4, 0.5) is 0 Å². The summed E-state index contributed by atoms with van der Waals surface area (Å²) in [6.07, 6.45) is 7.92. The predicted octanol–water partition coefficient (Wildman–Crippen LogP) is 2.83. The Hall–Kier alpha value is 0.217. The van der Waals surface area contributed by atoms with Crippen molar-refractivity contribution < 1.29 is 0 Å². The molecule has 0 aliphatic carbocycles. The van der Waals surface area contributed by atoms with Gasteiger partial charge < -0.3 is 0 Å². The number of rotatable bonds is 0. The maximum atomic E-state index is 1.66. The SMILES string of the molecule is C1CC[Si]2CCCC2C1. The smallest absolute Gasteiger partial charge is 0.0512 e. The average Bonchev–Trinajstić information content (AvgIpc) is 2.33. The van der Waals surface area contributed by atoms with Crippen molar-refractivity contribution in [2.45, 2.75) is 49.7 Å². The van der Waals surface area contributed by atoms with E-state index in [0.717, 1.165) is 0 Å². The molecule has 2 heterocycles. The van der Waals surface area contributed by atoms with Crippen LogP contribution in [0.5, 0.6) is 0 Å². The minimum absolute atomic E-state index is 0.246.